The van der Waals surface area contributed by atoms with Gasteiger partial charge in [0.05, 0.1) is 12.8 Å². The Morgan fingerprint density at radius 3 is 2.23 bits per heavy atom. The highest BCUT2D eigenvalue weighted by Gasteiger charge is 2.25. The van der Waals surface area contributed by atoms with Crippen LogP contribution in [0, 0.1) is 5.82 Å². The van der Waals surface area contributed by atoms with E-state index in [0.717, 1.165) is 5.56 Å². The van der Waals surface area contributed by atoms with Crippen LogP contribution in [-0.2, 0) is 6.61 Å². The van der Waals surface area contributed by atoms with E-state index in [0.29, 0.717) is 66.1 Å². The Kier molecular flexibility index (Phi) is 7.56. The number of amides is 1. The summed E-state index contributed by atoms with van der Waals surface area (Å²) in [5.74, 6) is 0.267. The lowest BCUT2D eigenvalue weighted by Crippen LogP contribution is -2.49. The summed E-state index contributed by atoms with van der Waals surface area (Å²) in [7, 11) is 1.53. The number of nitrogens with zero attached hydrogens (tertiary/aromatic N) is 2. The van der Waals surface area contributed by atoms with Crippen molar-refractivity contribution in [3.8, 4) is 11.5 Å². The number of hydrogen-bond donors (Lipinski definition) is 0. The third-order valence-electron chi connectivity index (χ3n) is 5.98. The number of piperazine rings is 1. The molecule has 3 aromatic rings. The first-order valence-electron chi connectivity index (χ1n) is 11.3. The SMILES string of the molecule is COc1cc(C(=O)N2CCN(c3ccc(C(C)=O)cc3F)CC2)ccc1OCc1ccc(Cl)cc1. The van der Waals surface area contributed by atoms with Crippen LogP contribution in [0.2, 0.25) is 5.02 Å². The Balaban J connectivity index is 1.39. The van der Waals surface area contributed by atoms with E-state index in [1.54, 1.807) is 47.4 Å². The van der Waals surface area contributed by atoms with Crippen LogP contribution in [0.4, 0.5) is 10.1 Å². The Hall–Kier alpha value is -3.58. The molecule has 0 bridgehead atoms. The van der Waals surface area contributed by atoms with Gasteiger partial charge in [-0.25, -0.2) is 4.39 Å². The zero-order valence-electron chi connectivity index (χ0n) is 19.6. The van der Waals surface area contributed by atoms with Gasteiger partial charge in [0, 0.05) is 42.3 Å². The smallest absolute Gasteiger partial charge is 0.254 e. The number of ether oxygens (including phenoxy) is 2. The summed E-state index contributed by atoms with van der Waals surface area (Å²) in [5.41, 5.74) is 2.23. The molecule has 4 rings (SSSR count). The number of carbonyl (C=O) groups excluding carboxylic acids is 2. The molecule has 0 saturated carbocycles. The second kappa shape index (κ2) is 10.8. The van der Waals surface area contributed by atoms with Crippen molar-refractivity contribution < 1.29 is 23.5 Å². The monoisotopic (exact) mass is 496 g/mol. The fraction of sp³-hybridized carbons (Fsp3) is 0.259. The highest BCUT2D eigenvalue weighted by molar-refractivity contribution is 6.30. The summed E-state index contributed by atoms with van der Waals surface area (Å²) >= 11 is 5.92. The highest BCUT2D eigenvalue weighted by Crippen LogP contribution is 2.30. The predicted octanol–water partition coefficient (Wildman–Crippen LogP) is 5.23. The summed E-state index contributed by atoms with van der Waals surface area (Å²) in [4.78, 5) is 28.2. The van der Waals surface area contributed by atoms with E-state index in [1.807, 2.05) is 17.0 Å². The Morgan fingerprint density at radius 1 is 0.914 bits per heavy atom. The number of hydrogen-bond acceptors (Lipinski definition) is 5. The van der Waals surface area contributed by atoms with Crippen molar-refractivity contribution in [3.63, 3.8) is 0 Å². The summed E-state index contributed by atoms with van der Waals surface area (Å²) in [6.45, 7) is 3.62. The maximum absolute atomic E-state index is 14.5. The molecular formula is C27H26ClFN2O4. The van der Waals surface area contributed by atoms with Gasteiger partial charge < -0.3 is 19.3 Å². The van der Waals surface area contributed by atoms with E-state index in [4.69, 9.17) is 21.1 Å². The van der Waals surface area contributed by atoms with E-state index in [2.05, 4.69) is 0 Å². The van der Waals surface area contributed by atoms with Gasteiger partial charge in [0.15, 0.2) is 17.3 Å². The second-order valence-corrected chi connectivity index (χ2v) is 8.72. The number of rotatable bonds is 7. The van der Waals surface area contributed by atoms with Gasteiger partial charge in [0.25, 0.3) is 5.91 Å². The van der Waals surface area contributed by atoms with Gasteiger partial charge in [0.1, 0.15) is 12.4 Å². The molecule has 0 atom stereocenters. The zero-order valence-corrected chi connectivity index (χ0v) is 20.3. The van der Waals surface area contributed by atoms with Gasteiger partial charge in [0.2, 0.25) is 0 Å². The lowest BCUT2D eigenvalue weighted by molar-refractivity contribution is 0.0746. The fourth-order valence-corrected chi connectivity index (χ4v) is 4.10. The first-order chi connectivity index (χ1) is 16.9. The minimum absolute atomic E-state index is 0.125. The number of carbonyl (C=O) groups is 2. The van der Waals surface area contributed by atoms with Gasteiger partial charge in [-0.15, -0.1) is 0 Å². The minimum Gasteiger partial charge on any atom is -0.493 e. The molecule has 8 heteroatoms. The molecule has 1 saturated heterocycles. The quantitative estimate of drug-likeness (QED) is 0.419. The molecule has 1 heterocycles. The number of ketones is 1. The van der Waals surface area contributed by atoms with Gasteiger partial charge in [-0.3, -0.25) is 9.59 Å². The minimum atomic E-state index is -0.434. The number of Topliss-reactive ketones (excluding diaryl/α,β-unsaturated/α-hetero) is 1. The van der Waals surface area contributed by atoms with Crippen LogP contribution in [0.1, 0.15) is 33.2 Å². The average Bonchev–Trinajstić information content (AvgIpc) is 2.88. The third kappa shape index (κ3) is 5.74. The standard InChI is InChI=1S/C27H26ClFN2O4/c1-18(32)20-5-9-24(23(29)15-20)30-11-13-31(14-12-30)27(33)21-6-10-25(26(16-21)34-2)35-17-19-3-7-22(28)8-4-19/h3-10,15-16H,11-14,17H2,1-2H3. The van der Waals surface area contributed by atoms with Crippen molar-refractivity contribution in [2.24, 2.45) is 0 Å². The van der Waals surface area contributed by atoms with Crippen molar-refractivity contribution in [2.75, 3.05) is 38.2 Å². The first-order valence-corrected chi connectivity index (χ1v) is 11.6. The van der Waals surface area contributed by atoms with E-state index < -0.39 is 5.82 Å². The highest BCUT2D eigenvalue weighted by atomic mass is 35.5. The molecule has 182 valence electrons. The van der Waals surface area contributed by atoms with Crippen molar-refractivity contribution in [1.29, 1.82) is 0 Å². The van der Waals surface area contributed by atoms with E-state index in [9.17, 15) is 14.0 Å². The molecule has 1 amide bonds. The van der Waals surface area contributed by atoms with E-state index in [1.165, 1.54) is 20.1 Å². The molecule has 1 fully saturated rings. The molecule has 0 aliphatic carbocycles. The summed E-state index contributed by atoms with van der Waals surface area (Å²) in [6, 6.07) is 17.0. The van der Waals surface area contributed by atoms with Crippen LogP contribution in [0.15, 0.2) is 60.7 Å². The van der Waals surface area contributed by atoms with Crippen molar-refractivity contribution >= 4 is 29.0 Å². The normalized spacial score (nSPS) is 13.5. The van der Waals surface area contributed by atoms with E-state index in [-0.39, 0.29) is 11.7 Å². The molecule has 0 aromatic heterocycles. The number of methoxy groups -OCH3 is 1. The average molecular weight is 497 g/mol. The largest absolute Gasteiger partial charge is 0.493 e. The van der Waals surface area contributed by atoms with Crippen LogP contribution < -0.4 is 14.4 Å². The molecule has 1 aliphatic heterocycles. The van der Waals surface area contributed by atoms with Gasteiger partial charge in [-0.1, -0.05) is 23.7 Å². The number of halogens is 2. The van der Waals surface area contributed by atoms with Crippen molar-refractivity contribution in [3.05, 3.63) is 88.2 Å². The lowest BCUT2D eigenvalue weighted by Gasteiger charge is -2.36. The molecule has 0 unspecified atom stereocenters. The zero-order chi connectivity index (χ0) is 24.9. The Labute approximate surface area is 208 Å². The van der Waals surface area contributed by atoms with Crippen LogP contribution in [0.3, 0.4) is 0 Å². The van der Waals surface area contributed by atoms with Gasteiger partial charge in [-0.2, -0.15) is 0 Å². The molecule has 0 N–H and O–H groups in total. The van der Waals surface area contributed by atoms with Crippen LogP contribution in [0.5, 0.6) is 11.5 Å². The molecule has 1 aliphatic rings. The third-order valence-corrected chi connectivity index (χ3v) is 6.23. The number of benzene rings is 3. The first kappa shape index (κ1) is 24.5. The maximum atomic E-state index is 14.5. The van der Waals surface area contributed by atoms with Crippen molar-refractivity contribution in [1.82, 2.24) is 4.90 Å². The van der Waals surface area contributed by atoms with Crippen LogP contribution in [-0.4, -0.2) is 49.9 Å². The van der Waals surface area contributed by atoms with E-state index >= 15 is 0 Å². The predicted molar refractivity (Wildman–Crippen MR) is 133 cm³/mol. The molecule has 3 aromatic carbocycles. The maximum Gasteiger partial charge on any atom is 0.254 e. The van der Waals surface area contributed by atoms with Gasteiger partial charge >= 0.3 is 0 Å². The summed E-state index contributed by atoms with van der Waals surface area (Å²) < 4.78 is 25.8. The fourth-order valence-electron chi connectivity index (χ4n) is 3.98. The second-order valence-electron chi connectivity index (χ2n) is 8.28. The summed E-state index contributed by atoms with van der Waals surface area (Å²) in [5, 5.41) is 0.658. The lowest BCUT2D eigenvalue weighted by atomic mass is 10.1. The molecule has 6 nitrogen and oxygen atoms in total. The van der Waals surface area contributed by atoms with Crippen LogP contribution in [0.25, 0.3) is 0 Å². The van der Waals surface area contributed by atoms with Crippen LogP contribution >= 0.6 is 11.6 Å². The Morgan fingerprint density at radius 2 is 1.60 bits per heavy atom. The van der Waals surface area contributed by atoms with Crippen molar-refractivity contribution in [2.45, 2.75) is 13.5 Å². The number of anilines is 1. The molecule has 0 spiro atoms. The van der Waals surface area contributed by atoms with Gasteiger partial charge in [-0.05, 0) is 61.0 Å². The topological polar surface area (TPSA) is 59.1 Å². The Bertz CT molecular complexity index is 1220. The molecular weight excluding hydrogens is 471 g/mol. The molecule has 0 radical (unpaired) electrons. The summed E-state index contributed by atoms with van der Waals surface area (Å²) in [6.07, 6.45) is 0. The molecule has 35 heavy (non-hydrogen) atoms.